The number of primary amides is 1. The number of aliphatic carboxylic acids is 1. The van der Waals surface area contributed by atoms with E-state index in [1.165, 1.54) is 86.5 Å². The van der Waals surface area contributed by atoms with E-state index in [-0.39, 0.29) is 80.2 Å². The largest absolute Gasteiger partial charge is 0.508 e. The first kappa shape index (κ1) is 98.1. The fraction of sp³-hybridized carbons (Fsp3) is 0.413. The van der Waals surface area contributed by atoms with Gasteiger partial charge in [0.15, 0.2) is 0 Å². The van der Waals surface area contributed by atoms with Gasteiger partial charge in [0.1, 0.15) is 78.0 Å². The monoisotopic (exact) mass is 1780 g/mol. The Labute approximate surface area is 745 Å². The number of benzene rings is 6. The molecule has 6 aromatic carbocycles. The third-order valence-electron chi connectivity index (χ3n) is 22.4. The number of aromatic amines is 1. The molecule has 0 aliphatic carbocycles. The van der Waals surface area contributed by atoms with E-state index in [1.54, 1.807) is 157 Å². The molecule has 682 valence electrons. The number of carbonyl (C=O) groups excluding carboxylic acids is 15. The third kappa shape index (κ3) is 27.4. The van der Waals surface area contributed by atoms with Gasteiger partial charge in [-0.05, 0) is 100 Å². The van der Waals surface area contributed by atoms with Gasteiger partial charge in [0, 0.05) is 95.3 Å². The van der Waals surface area contributed by atoms with Gasteiger partial charge in [-0.15, -0.1) is 11.8 Å². The normalized spacial score (nSPS) is 22.5. The second-order valence-corrected chi connectivity index (χ2v) is 34.2. The number of nitrogens with zero attached hydrogens (tertiary/aromatic N) is 5. The number of thioether (sulfide) groups is 1. The zero-order valence-electron chi connectivity index (χ0n) is 73.2. The van der Waals surface area contributed by atoms with Gasteiger partial charge in [0.25, 0.3) is 5.91 Å². The molecule has 2 aliphatic rings. The summed E-state index contributed by atoms with van der Waals surface area (Å²) in [6.07, 6.45) is -0.509. The molecule has 7 aromatic rings. The molecule has 1 fully saturated rings. The standard InChI is InChI=1S/C92H114N16O19S/c1-11-54(6)81-92(127)105(8)49-77(113)97-69(45-79(115)116)86(121)103-80(53(4)5)91(126)106(9)73(42-56-23-16-13-17-24-56)87(122)101-70(41-58-31-35-63(110)36-32-58)88(123)104(7)48-76(112)96-68(44-60-46-94-65-28-19-18-27-64(60)65)85(120)100-67(39-57-29-33-62(109)34-30-57)84(119)99-66(37-52(2)3)83(118)102-72(82(117)95-47-75(93)111)50-128-51-78(114)98-71(40-55-21-14-12-15-22-55)89(124)107(10)74-43-59-25-20-26-61(38-59)108(81)90(74)125/h12-36,38,46,52-54,66-74,80-81,94,109-110H,11,37,39-45,47-51H2,1-10H3,(H2,93,111)(H,95,117)(H,96,112)(H,97,113)(H,98,114)(H,99,119)(H,100,120)(H,101,122)(H,102,118)(H,103,121)(H,115,116)/t54-,66-,67-,68-,69-,70-,71-,72-,73-,74-,80-,81-/m0/s1. The number of rotatable bonds is 20. The number of anilines is 1. The summed E-state index contributed by atoms with van der Waals surface area (Å²) in [5.41, 5.74) is 9.35. The average Bonchev–Trinajstić information content (AvgIpc) is 1.57. The number of carboxylic acids is 1. The summed E-state index contributed by atoms with van der Waals surface area (Å²) in [4.78, 5) is 244. The third-order valence-corrected chi connectivity index (χ3v) is 23.5. The Morgan fingerprint density at radius 1 is 0.508 bits per heavy atom. The molecule has 2 aliphatic heterocycles. The molecule has 1 saturated heterocycles. The molecule has 15 N–H and O–H groups in total. The summed E-state index contributed by atoms with van der Waals surface area (Å²) in [7, 11) is 5.18. The Morgan fingerprint density at radius 3 is 1.59 bits per heavy atom. The zero-order chi connectivity index (χ0) is 93.3. The molecule has 9 rings (SSSR count). The van der Waals surface area contributed by atoms with Gasteiger partial charge in [-0.25, -0.2) is 0 Å². The Kier molecular flexibility index (Phi) is 35.3. The van der Waals surface area contributed by atoms with E-state index in [0.717, 1.165) is 26.5 Å². The van der Waals surface area contributed by atoms with E-state index < -0.39 is 205 Å². The van der Waals surface area contributed by atoms with Crippen molar-refractivity contribution in [1.82, 2.24) is 72.4 Å². The predicted molar refractivity (Wildman–Crippen MR) is 477 cm³/mol. The van der Waals surface area contributed by atoms with Crippen LogP contribution in [0.5, 0.6) is 11.5 Å². The first-order valence-electron chi connectivity index (χ1n) is 42.3. The van der Waals surface area contributed by atoms with Crippen molar-refractivity contribution in [2.45, 2.75) is 166 Å². The highest BCUT2D eigenvalue weighted by Gasteiger charge is 2.46. The number of phenols is 2. The molecule has 35 nitrogen and oxygen atoms in total. The Morgan fingerprint density at radius 2 is 1.02 bits per heavy atom. The van der Waals surface area contributed by atoms with E-state index in [0.29, 0.717) is 44.3 Å². The number of hydrogen-bond donors (Lipinski definition) is 14. The lowest BCUT2D eigenvalue weighted by molar-refractivity contribution is -0.145. The number of carbonyl (C=O) groups is 16. The van der Waals surface area contributed by atoms with Gasteiger partial charge in [-0.1, -0.05) is 163 Å². The summed E-state index contributed by atoms with van der Waals surface area (Å²) in [5, 5.41) is 55.6. The molecular weight excluding hydrogens is 1670 g/mol. The van der Waals surface area contributed by atoms with Crippen molar-refractivity contribution < 1.29 is 92.0 Å². The molecule has 3 heterocycles. The number of amides is 15. The minimum Gasteiger partial charge on any atom is -0.508 e. The maximum Gasteiger partial charge on any atom is 0.305 e. The molecular formula is C92H114N16O19S. The molecule has 15 amide bonds. The van der Waals surface area contributed by atoms with Gasteiger partial charge < -0.3 is 93.5 Å². The van der Waals surface area contributed by atoms with E-state index in [2.05, 4.69) is 52.8 Å². The summed E-state index contributed by atoms with van der Waals surface area (Å²) < 4.78 is 0. The van der Waals surface area contributed by atoms with Crippen LogP contribution in [0.3, 0.4) is 0 Å². The van der Waals surface area contributed by atoms with Crippen LogP contribution in [-0.4, -0.2) is 260 Å². The first-order valence-corrected chi connectivity index (χ1v) is 43.4. The van der Waals surface area contributed by atoms with Crippen LogP contribution in [0.1, 0.15) is 94.2 Å². The van der Waals surface area contributed by atoms with Crippen molar-refractivity contribution in [2.75, 3.05) is 64.2 Å². The fourth-order valence-corrected chi connectivity index (χ4v) is 16.1. The zero-order valence-corrected chi connectivity index (χ0v) is 74.0. The van der Waals surface area contributed by atoms with Crippen molar-refractivity contribution in [3.05, 3.63) is 197 Å². The van der Waals surface area contributed by atoms with Crippen LogP contribution >= 0.6 is 11.8 Å². The lowest BCUT2D eigenvalue weighted by atomic mass is 9.94. The Balaban J connectivity index is 1.11. The highest BCUT2D eigenvalue weighted by molar-refractivity contribution is 8.00. The number of hydrogen-bond acceptors (Lipinski definition) is 19. The second-order valence-electron chi connectivity index (χ2n) is 33.2. The average molecular weight is 1780 g/mol. The number of para-hydroxylation sites is 1. The van der Waals surface area contributed by atoms with Crippen molar-refractivity contribution in [1.29, 1.82) is 0 Å². The van der Waals surface area contributed by atoms with Gasteiger partial charge in [-0.3, -0.25) is 81.6 Å². The quantitative estimate of drug-likeness (QED) is 0.0519. The maximum absolute atomic E-state index is 15.7. The van der Waals surface area contributed by atoms with E-state index in [4.69, 9.17) is 5.73 Å². The minimum absolute atomic E-state index is 0.0900. The summed E-state index contributed by atoms with van der Waals surface area (Å²) in [6.45, 7) is 7.79. The number of nitrogens with two attached hydrogens (primary N) is 1. The first-order chi connectivity index (χ1) is 60.9. The highest BCUT2D eigenvalue weighted by atomic mass is 32.2. The minimum atomic E-state index is -1.91. The molecule has 4 bridgehead atoms. The number of aromatic nitrogens is 1. The molecule has 0 saturated carbocycles. The number of fused-ring (bicyclic) bond motifs is 6. The summed E-state index contributed by atoms with van der Waals surface area (Å²) in [5.74, 6) is -18.1. The van der Waals surface area contributed by atoms with Crippen molar-refractivity contribution >= 4 is 123 Å². The predicted octanol–water partition coefficient (Wildman–Crippen LogP) is 2.07. The van der Waals surface area contributed by atoms with E-state index >= 15 is 38.4 Å². The lowest BCUT2D eigenvalue weighted by Gasteiger charge is -2.39. The smallest absolute Gasteiger partial charge is 0.305 e. The summed E-state index contributed by atoms with van der Waals surface area (Å²) in [6, 6.07) is 25.2. The Bertz CT molecular complexity index is 5160. The van der Waals surface area contributed by atoms with Crippen LogP contribution in [-0.2, 0) is 115 Å². The molecule has 36 heteroatoms. The van der Waals surface area contributed by atoms with E-state index in [9.17, 15) is 53.7 Å². The second kappa shape index (κ2) is 46.0. The van der Waals surface area contributed by atoms with Gasteiger partial charge >= 0.3 is 5.97 Å². The van der Waals surface area contributed by atoms with Crippen molar-refractivity contribution in [3.8, 4) is 11.5 Å². The van der Waals surface area contributed by atoms with Crippen LogP contribution in [0.2, 0.25) is 0 Å². The van der Waals surface area contributed by atoms with Crippen molar-refractivity contribution in [2.24, 2.45) is 23.5 Å². The topological polar surface area (TPSA) is 500 Å². The lowest BCUT2D eigenvalue weighted by Crippen LogP contribution is -2.61. The SMILES string of the molecule is CC[C@H](C)[C@H]1C(=O)N(C)CC(=O)N[C@@H](CC(=O)O)C(=O)N[C@@H](C(C)C)C(=O)N(C)[C@@H](Cc2ccccc2)C(=O)N[C@@H](Cc2ccc(O)cc2)C(=O)N(C)CC(=O)N[C@@H](Cc2c[nH]c3ccccc23)C(=O)N[C@@H](Cc2ccc(O)cc2)C(=O)N[C@@H](CC(C)C)C(=O)N[C@H](C(=O)NCC(N)=O)CSCC(=O)N[C@@H](Cc2ccccc2)C(=O)N(C)[C@H]2Cc3cccc(c3)N1C2=O. The maximum atomic E-state index is 15.7. The van der Waals surface area contributed by atoms with Crippen LogP contribution in [0.4, 0.5) is 5.69 Å². The molecule has 12 atom stereocenters. The van der Waals surface area contributed by atoms with Crippen LogP contribution < -0.4 is 58.5 Å². The van der Waals surface area contributed by atoms with Crippen LogP contribution in [0.25, 0.3) is 10.9 Å². The van der Waals surface area contributed by atoms with Gasteiger partial charge in [0.05, 0.1) is 31.8 Å². The number of carboxylic acid groups (broad SMARTS) is 1. The number of likely N-dealkylation sites (N-methyl/N-ethyl adjacent to an activating group) is 4. The van der Waals surface area contributed by atoms with E-state index in [1.807, 2.05) is 0 Å². The Hall–Kier alpha value is -13.7. The number of aromatic hydroxyl groups is 2. The molecule has 128 heavy (non-hydrogen) atoms. The van der Waals surface area contributed by atoms with Gasteiger partial charge in [0.2, 0.25) is 82.7 Å². The highest BCUT2D eigenvalue weighted by Crippen LogP contribution is 2.32. The number of nitrogens with one attached hydrogen (secondary N) is 10. The van der Waals surface area contributed by atoms with Crippen LogP contribution in [0.15, 0.2) is 164 Å². The molecule has 0 radical (unpaired) electrons. The molecule has 0 spiro atoms. The van der Waals surface area contributed by atoms with Crippen molar-refractivity contribution in [3.63, 3.8) is 0 Å². The van der Waals surface area contributed by atoms with Crippen LogP contribution in [0, 0.1) is 17.8 Å². The molecule has 1 aromatic heterocycles. The molecule has 0 unspecified atom stereocenters. The fourth-order valence-electron chi connectivity index (χ4n) is 15.3. The summed E-state index contributed by atoms with van der Waals surface area (Å²) >= 11 is 0.831. The number of phenolic OH excluding ortho intramolecular Hbond substituents is 2. The number of H-pyrrole nitrogens is 1. The van der Waals surface area contributed by atoms with Gasteiger partial charge in [-0.2, -0.15) is 0 Å².